The lowest BCUT2D eigenvalue weighted by molar-refractivity contribution is 0.0947. The normalized spacial score (nSPS) is 10.4. The van der Waals surface area contributed by atoms with Crippen molar-refractivity contribution in [2.24, 2.45) is 0 Å². The fraction of sp³-hybridized carbons (Fsp3) is 0.167. The van der Waals surface area contributed by atoms with E-state index in [2.05, 4.69) is 15.5 Å². The highest BCUT2D eigenvalue weighted by atomic mass is 16.4. The molecule has 122 valence electrons. The van der Waals surface area contributed by atoms with Gasteiger partial charge >= 0.3 is 0 Å². The van der Waals surface area contributed by atoms with Crippen molar-refractivity contribution in [3.8, 4) is 11.5 Å². The van der Waals surface area contributed by atoms with Gasteiger partial charge in [-0.1, -0.05) is 18.2 Å². The summed E-state index contributed by atoms with van der Waals surface area (Å²) in [6, 6.07) is 16.9. The van der Waals surface area contributed by atoms with Crippen molar-refractivity contribution in [3.63, 3.8) is 0 Å². The second-order valence-corrected chi connectivity index (χ2v) is 5.49. The first-order valence-electron chi connectivity index (χ1n) is 7.57. The minimum atomic E-state index is -0.181. The van der Waals surface area contributed by atoms with E-state index in [9.17, 15) is 4.79 Å². The van der Waals surface area contributed by atoms with Crippen LogP contribution < -0.4 is 10.2 Å². The van der Waals surface area contributed by atoms with Crippen LogP contribution in [0.1, 0.15) is 16.2 Å². The quantitative estimate of drug-likeness (QED) is 0.782. The molecule has 6 heteroatoms. The van der Waals surface area contributed by atoms with E-state index in [1.54, 1.807) is 12.1 Å². The number of hydrogen-bond donors (Lipinski definition) is 1. The summed E-state index contributed by atoms with van der Waals surface area (Å²) in [5, 5.41) is 10.7. The number of nitrogens with one attached hydrogen (secondary N) is 1. The smallest absolute Gasteiger partial charge is 0.251 e. The summed E-state index contributed by atoms with van der Waals surface area (Å²) in [4.78, 5) is 14.1. The van der Waals surface area contributed by atoms with Gasteiger partial charge in [0.1, 0.15) is 0 Å². The Hall–Kier alpha value is -3.15. The molecule has 6 nitrogen and oxygen atoms in total. The number of anilines is 1. The number of carbonyl (C=O) groups excluding carboxylic acids is 1. The van der Waals surface area contributed by atoms with E-state index >= 15 is 0 Å². The van der Waals surface area contributed by atoms with Crippen molar-refractivity contribution in [3.05, 3.63) is 66.1 Å². The topological polar surface area (TPSA) is 71.3 Å². The van der Waals surface area contributed by atoms with Crippen LogP contribution in [0.25, 0.3) is 11.5 Å². The molecule has 0 atom stereocenters. The lowest BCUT2D eigenvalue weighted by atomic mass is 10.2. The summed E-state index contributed by atoms with van der Waals surface area (Å²) in [5.74, 6) is 0.627. The Kier molecular flexibility index (Phi) is 4.56. The molecule has 3 rings (SSSR count). The van der Waals surface area contributed by atoms with Gasteiger partial charge in [-0.25, -0.2) is 0 Å². The Labute approximate surface area is 140 Å². The number of nitrogens with zero attached hydrogens (tertiary/aromatic N) is 3. The predicted molar refractivity (Wildman–Crippen MR) is 91.7 cm³/mol. The molecule has 3 aromatic rings. The number of hydrogen-bond acceptors (Lipinski definition) is 5. The fourth-order valence-electron chi connectivity index (χ4n) is 2.19. The van der Waals surface area contributed by atoms with Crippen LogP contribution in [0.3, 0.4) is 0 Å². The summed E-state index contributed by atoms with van der Waals surface area (Å²) in [5.41, 5.74) is 2.47. The molecule has 0 radical (unpaired) electrons. The zero-order valence-electron chi connectivity index (χ0n) is 13.6. The second-order valence-electron chi connectivity index (χ2n) is 5.49. The Morgan fingerprint density at radius 3 is 2.42 bits per heavy atom. The molecule has 0 saturated heterocycles. The van der Waals surface area contributed by atoms with Crippen molar-refractivity contribution in [1.82, 2.24) is 15.5 Å². The fourth-order valence-corrected chi connectivity index (χ4v) is 2.19. The van der Waals surface area contributed by atoms with E-state index in [4.69, 9.17) is 4.42 Å². The maximum atomic E-state index is 12.2. The van der Waals surface area contributed by atoms with Crippen molar-refractivity contribution < 1.29 is 9.21 Å². The van der Waals surface area contributed by atoms with Crippen LogP contribution in [0.5, 0.6) is 0 Å². The average molecular weight is 322 g/mol. The van der Waals surface area contributed by atoms with Crippen LogP contribution in [0.2, 0.25) is 0 Å². The molecule has 1 aromatic heterocycles. The number of rotatable bonds is 5. The van der Waals surface area contributed by atoms with Crippen molar-refractivity contribution >= 4 is 11.6 Å². The van der Waals surface area contributed by atoms with E-state index in [1.807, 2.05) is 61.5 Å². The number of carbonyl (C=O) groups is 1. The third-order valence-electron chi connectivity index (χ3n) is 3.53. The van der Waals surface area contributed by atoms with Gasteiger partial charge in [-0.3, -0.25) is 4.79 Å². The third kappa shape index (κ3) is 3.60. The van der Waals surface area contributed by atoms with E-state index < -0.39 is 0 Å². The summed E-state index contributed by atoms with van der Waals surface area (Å²) in [6.07, 6.45) is 0. The minimum absolute atomic E-state index is 0.181. The molecule has 0 aliphatic heterocycles. The van der Waals surface area contributed by atoms with Gasteiger partial charge in [-0.2, -0.15) is 0 Å². The largest absolute Gasteiger partial charge is 0.419 e. The van der Waals surface area contributed by atoms with Crippen molar-refractivity contribution in [2.75, 3.05) is 19.0 Å². The van der Waals surface area contributed by atoms with E-state index in [0.717, 1.165) is 11.3 Å². The third-order valence-corrected chi connectivity index (χ3v) is 3.53. The number of amides is 1. The predicted octanol–water partition coefficient (Wildman–Crippen LogP) is 2.73. The highest BCUT2D eigenvalue weighted by Crippen LogP contribution is 2.17. The molecular weight excluding hydrogens is 304 g/mol. The second kappa shape index (κ2) is 6.95. The van der Waals surface area contributed by atoms with Crippen molar-refractivity contribution in [1.29, 1.82) is 0 Å². The molecule has 1 heterocycles. The maximum absolute atomic E-state index is 12.2. The van der Waals surface area contributed by atoms with E-state index in [1.165, 1.54) is 0 Å². The average Bonchev–Trinajstić information content (AvgIpc) is 3.09. The first-order chi connectivity index (χ1) is 11.6. The zero-order valence-corrected chi connectivity index (χ0v) is 13.6. The molecule has 1 N–H and O–H groups in total. The standard InChI is InChI=1S/C18H18N4O2/c1-22(2)15-10-8-13(9-11-15)17(23)19-12-16-20-21-18(24-16)14-6-4-3-5-7-14/h3-11H,12H2,1-2H3,(H,19,23). The monoisotopic (exact) mass is 322 g/mol. The maximum Gasteiger partial charge on any atom is 0.251 e. The summed E-state index contributed by atoms with van der Waals surface area (Å²) < 4.78 is 5.56. The molecule has 0 unspecified atom stereocenters. The molecule has 24 heavy (non-hydrogen) atoms. The number of benzene rings is 2. The molecule has 0 aliphatic rings. The van der Waals surface area contributed by atoms with Gasteiger partial charge in [0.2, 0.25) is 11.8 Å². The van der Waals surface area contributed by atoms with E-state index in [-0.39, 0.29) is 12.5 Å². The first-order valence-corrected chi connectivity index (χ1v) is 7.57. The number of aromatic nitrogens is 2. The van der Waals surface area contributed by atoms with Gasteiger partial charge in [-0.05, 0) is 36.4 Å². The molecule has 1 amide bonds. The van der Waals surface area contributed by atoms with Gasteiger partial charge in [0.15, 0.2) is 0 Å². The Morgan fingerprint density at radius 1 is 1.04 bits per heavy atom. The van der Waals surface area contributed by atoms with E-state index in [0.29, 0.717) is 17.3 Å². The molecular formula is C18H18N4O2. The van der Waals surface area contributed by atoms with Gasteiger partial charge in [-0.15, -0.1) is 10.2 Å². The van der Waals surface area contributed by atoms with Crippen LogP contribution in [0.15, 0.2) is 59.0 Å². The van der Waals surface area contributed by atoms with Gasteiger partial charge in [0.05, 0.1) is 6.54 Å². The van der Waals surface area contributed by atoms with Crippen LogP contribution in [-0.4, -0.2) is 30.2 Å². The lowest BCUT2D eigenvalue weighted by Crippen LogP contribution is -2.23. The Bertz CT molecular complexity index is 811. The van der Waals surface area contributed by atoms with Crippen LogP contribution in [-0.2, 0) is 6.54 Å². The van der Waals surface area contributed by atoms with Crippen LogP contribution in [0, 0.1) is 0 Å². The lowest BCUT2D eigenvalue weighted by Gasteiger charge is -2.12. The SMILES string of the molecule is CN(C)c1ccc(C(=O)NCc2nnc(-c3ccccc3)o2)cc1. The summed E-state index contributed by atoms with van der Waals surface area (Å²) in [6.45, 7) is 0.189. The highest BCUT2D eigenvalue weighted by molar-refractivity contribution is 5.94. The minimum Gasteiger partial charge on any atom is -0.419 e. The molecule has 0 spiro atoms. The molecule has 0 saturated carbocycles. The summed E-state index contributed by atoms with van der Waals surface area (Å²) >= 11 is 0. The first kappa shape index (κ1) is 15.7. The molecule has 0 bridgehead atoms. The van der Waals surface area contributed by atoms with Crippen LogP contribution >= 0.6 is 0 Å². The zero-order chi connectivity index (χ0) is 16.9. The molecule has 2 aromatic carbocycles. The molecule has 0 aliphatic carbocycles. The Morgan fingerprint density at radius 2 is 1.75 bits per heavy atom. The highest BCUT2D eigenvalue weighted by Gasteiger charge is 2.10. The van der Waals surface area contributed by atoms with Crippen molar-refractivity contribution in [2.45, 2.75) is 6.54 Å². The molecule has 0 fully saturated rings. The van der Waals surface area contributed by atoms with Gasteiger partial charge < -0.3 is 14.6 Å². The van der Waals surface area contributed by atoms with Crippen LogP contribution in [0.4, 0.5) is 5.69 Å². The van der Waals surface area contributed by atoms with Gasteiger partial charge in [0, 0.05) is 30.9 Å². The summed E-state index contributed by atoms with van der Waals surface area (Å²) in [7, 11) is 3.91. The Balaban J connectivity index is 1.61. The van der Waals surface area contributed by atoms with Gasteiger partial charge in [0.25, 0.3) is 5.91 Å².